The van der Waals surface area contributed by atoms with Crippen LogP contribution in [0, 0.1) is 5.92 Å². The van der Waals surface area contributed by atoms with E-state index in [1.807, 2.05) is 13.8 Å². The lowest BCUT2D eigenvalue weighted by molar-refractivity contribution is -0.148. The van der Waals surface area contributed by atoms with Crippen LogP contribution in [-0.2, 0) is 9.53 Å². The molecule has 0 aromatic carbocycles. The first kappa shape index (κ1) is 13.8. The minimum absolute atomic E-state index is 0.185. The molecule has 1 aliphatic heterocycles. The molecule has 0 radical (unpaired) electrons. The lowest BCUT2D eigenvalue weighted by Crippen LogP contribution is -2.40. The molecule has 0 aromatic heterocycles. The lowest BCUT2D eigenvalue weighted by atomic mass is 10.1. The fraction of sp³-hybridized carbons (Fsp3) is 0.833. The van der Waals surface area contributed by atoms with Gasteiger partial charge in [0.15, 0.2) is 0 Å². The van der Waals surface area contributed by atoms with E-state index in [1.165, 1.54) is 0 Å². The van der Waals surface area contributed by atoms with E-state index in [0.29, 0.717) is 19.5 Å². The number of piperidine rings is 1. The van der Waals surface area contributed by atoms with Crippen molar-refractivity contribution in [3.8, 4) is 0 Å². The average Bonchev–Trinajstić information content (AvgIpc) is 2.28. The second-order valence-electron chi connectivity index (χ2n) is 4.89. The van der Waals surface area contributed by atoms with Crippen molar-refractivity contribution in [1.29, 1.82) is 0 Å². The number of carbonyl (C=O) groups excluding carboxylic acids is 1. The first-order valence-electron chi connectivity index (χ1n) is 6.19. The van der Waals surface area contributed by atoms with Crippen molar-refractivity contribution in [2.24, 2.45) is 5.92 Å². The van der Waals surface area contributed by atoms with Gasteiger partial charge in [-0.05, 0) is 31.6 Å². The van der Waals surface area contributed by atoms with Crippen molar-refractivity contribution >= 4 is 12.1 Å². The number of aliphatic carboxylic acids is 1. The lowest BCUT2D eigenvalue weighted by Gasteiger charge is -2.27. The number of hydrogen-bond donors (Lipinski definition) is 1. The molecule has 0 bridgehead atoms. The van der Waals surface area contributed by atoms with Gasteiger partial charge in [-0.1, -0.05) is 13.8 Å². The Morgan fingerprint density at radius 3 is 2.29 bits per heavy atom. The molecule has 0 aromatic rings. The molecule has 1 heterocycles. The Kier molecular flexibility index (Phi) is 5.25. The predicted molar refractivity (Wildman–Crippen MR) is 62.8 cm³/mol. The van der Waals surface area contributed by atoms with Crippen LogP contribution in [0.1, 0.15) is 39.5 Å². The summed E-state index contributed by atoms with van der Waals surface area (Å²) in [6.45, 7) is 5.16. The summed E-state index contributed by atoms with van der Waals surface area (Å²) in [5, 5.41) is 8.97. The molecule has 1 rings (SSSR count). The molecule has 0 aliphatic carbocycles. The first-order valence-corrected chi connectivity index (χ1v) is 6.19. The second-order valence-corrected chi connectivity index (χ2v) is 4.89. The monoisotopic (exact) mass is 243 g/mol. The zero-order valence-electron chi connectivity index (χ0n) is 10.5. The first-order chi connectivity index (χ1) is 8.00. The molecular formula is C12H21NO4. The number of hydrogen-bond acceptors (Lipinski definition) is 3. The van der Waals surface area contributed by atoms with Gasteiger partial charge in [0.2, 0.25) is 6.10 Å². The molecule has 0 saturated carbocycles. The summed E-state index contributed by atoms with van der Waals surface area (Å²) in [5.74, 6) is -0.880. The molecule has 0 spiro atoms. The van der Waals surface area contributed by atoms with Gasteiger partial charge in [-0.15, -0.1) is 0 Å². The van der Waals surface area contributed by atoms with E-state index in [1.54, 1.807) is 4.90 Å². The van der Waals surface area contributed by atoms with E-state index in [0.717, 1.165) is 19.3 Å². The molecule has 1 amide bonds. The summed E-state index contributed by atoms with van der Waals surface area (Å²) >= 11 is 0. The maximum Gasteiger partial charge on any atom is 0.410 e. The number of amides is 1. The van der Waals surface area contributed by atoms with Gasteiger partial charge in [0.25, 0.3) is 0 Å². The van der Waals surface area contributed by atoms with Crippen molar-refractivity contribution in [3.63, 3.8) is 0 Å². The van der Waals surface area contributed by atoms with Gasteiger partial charge in [0, 0.05) is 13.1 Å². The maximum absolute atomic E-state index is 11.7. The van der Waals surface area contributed by atoms with E-state index < -0.39 is 18.2 Å². The highest BCUT2D eigenvalue weighted by molar-refractivity contribution is 5.77. The Morgan fingerprint density at radius 1 is 1.24 bits per heavy atom. The van der Waals surface area contributed by atoms with Crippen LogP contribution in [0.2, 0.25) is 0 Å². The fourth-order valence-electron chi connectivity index (χ4n) is 1.90. The fourth-order valence-corrected chi connectivity index (χ4v) is 1.90. The third kappa shape index (κ3) is 4.63. The van der Waals surface area contributed by atoms with E-state index in [-0.39, 0.29) is 5.92 Å². The van der Waals surface area contributed by atoms with Crippen LogP contribution >= 0.6 is 0 Å². The largest absolute Gasteiger partial charge is 0.479 e. The predicted octanol–water partition coefficient (Wildman–Crippen LogP) is 2.11. The van der Waals surface area contributed by atoms with E-state index in [2.05, 4.69) is 0 Å². The molecule has 5 nitrogen and oxygen atoms in total. The summed E-state index contributed by atoms with van der Waals surface area (Å²) in [7, 11) is 0. The van der Waals surface area contributed by atoms with Gasteiger partial charge in [0.1, 0.15) is 0 Å². The minimum Gasteiger partial charge on any atom is -0.479 e. The molecule has 0 unspecified atom stereocenters. The van der Waals surface area contributed by atoms with Crippen molar-refractivity contribution in [3.05, 3.63) is 0 Å². The summed E-state index contributed by atoms with van der Waals surface area (Å²) in [6, 6.07) is 0. The van der Waals surface area contributed by atoms with Gasteiger partial charge in [-0.2, -0.15) is 0 Å². The summed E-state index contributed by atoms with van der Waals surface area (Å²) in [5.41, 5.74) is 0. The standard InChI is InChI=1S/C12H21NO4/c1-9(2)8-10(11(14)15)17-12(16)13-6-4-3-5-7-13/h9-10H,3-8H2,1-2H3,(H,14,15)/t10-/m0/s1. The van der Waals surface area contributed by atoms with Crippen LogP contribution in [0.25, 0.3) is 0 Å². The average molecular weight is 243 g/mol. The highest BCUT2D eigenvalue weighted by Crippen LogP contribution is 2.14. The van der Waals surface area contributed by atoms with Gasteiger partial charge in [-0.25, -0.2) is 9.59 Å². The molecule has 98 valence electrons. The molecule has 1 N–H and O–H groups in total. The Labute approximate surface area is 102 Å². The third-order valence-electron chi connectivity index (χ3n) is 2.82. The highest BCUT2D eigenvalue weighted by atomic mass is 16.6. The quantitative estimate of drug-likeness (QED) is 0.821. The van der Waals surface area contributed by atoms with E-state index in [4.69, 9.17) is 9.84 Å². The molecule has 5 heteroatoms. The Hall–Kier alpha value is -1.26. The van der Waals surface area contributed by atoms with Crippen molar-refractivity contribution in [1.82, 2.24) is 4.90 Å². The van der Waals surface area contributed by atoms with Crippen molar-refractivity contribution in [2.75, 3.05) is 13.1 Å². The molecule has 1 atom stereocenters. The topological polar surface area (TPSA) is 66.8 Å². The van der Waals surface area contributed by atoms with E-state index in [9.17, 15) is 9.59 Å². The van der Waals surface area contributed by atoms with Gasteiger partial charge < -0.3 is 14.7 Å². The molecule has 1 aliphatic rings. The Balaban J connectivity index is 2.47. The zero-order chi connectivity index (χ0) is 12.8. The summed E-state index contributed by atoms with van der Waals surface area (Å²) in [4.78, 5) is 24.3. The van der Waals surface area contributed by atoms with Crippen LogP contribution in [0.5, 0.6) is 0 Å². The Bertz CT molecular complexity index is 272. The highest BCUT2D eigenvalue weighted by Gasteiger charge is 2.26. The number of ether oxygens (including phenoxy) is 1. The number of rotatable bonds is 4. The Morgan fingerprint density at radius 2 is 1.82 bits per heavy atom. The number of carboxylic acid groups (broad SMARTS) is 1. The van der Waals surface area contributed by atoms with Crippen LogP contribution < -0.4 is 0 Å². The third-order valence-corrected chi connectivity index (χ3v) is 2.82. The zero-order valence-corrected chi connectivity index (χ0v) is 10.5. The van der Waals surface area contributed by atoms with Crippen molar-refractivity contribution < 1.29 is 19.4 Å². The minimum atomic E-state index is -1.07. The number of carboxylic acids is 1. The maximum atomic E-state index is 11.7. The molecule has 17 heavy (non-hydrogen) atoms. The van der Waals surface area contributed by atoms with Gasteiger partial charge >= 0.3 is 12.1 Å². The van der Waals surface area contributed by atoms with Gasteiger partial charge in [0.05, 0.1) is 0 Å². The molecular weight excluding hydrogens is 222 g/mol. The molecule has 1 fully saturated rings. The smallest absolute Gasteiger partial charge is 0.410 e. The summed E-state index contributed by atoms with van der Waals surface area (Å²) < 4.78 is 5.05. The van der Waals surface area contributed by atoms with E-state index >= 15 is 0 Å². The van der Waals surface area contributed by atoms with Crippen molar-refractivity contribution in [2.45, 2.75) is 45.6 Å². The number of nitrogens with zero attached hydrogens (tertiary/aromatic N) is 1. The number of likely N-dealkylation sites (tertiary alicyclic amines) is 1. The van der Waals surface area contributed by atoms with Gasteiger partial charge in [-0.3, -0.25) is 0 Å². The van der Waals surface area contributed by atoms with Crippen LogP contribution in [-0.4, -0.2) is 41.3 Å². The normalized spacial score (nSPS) is 17.9. The van der Waals surface area contributed by atoms with Crippen LogP contribution in [0.4, 0.5) is 4.79 Å². The van der Waals surface area contributed by atoms with Crippen LogP contribution in [0.15, 0.2) is 0 Å². The molecule has 1 saturated heterocycles. The second kappa shape index (κ2) is 6.47. The summed E-state index contributed by atoms with van der Waals surface area (Å²) in [6.07, 6.45) is 1.91. The SMILES string of the molecule is CC(C)C[C@H](OC(=O)N1CCCCC1)C(=O)O. The number of carbonyl (C=O) groups is 2. The van der Waals surface area contributed by atoms with Crippen LogP contribution in [0.3, 0.4) is 0 Å².